The number of nitrogens with one attached hydrogen (secondary N) is 1. The number of piperidine rings is 1. The van der Waals surface area contributed by atoms with E-state index in [1.54, 1.807) is 12.1 Å². The van der Waals surface area contributed by atoms with Gasteiger partial charge in [-0.25, -0.2) is 13.1 Å². The van der Waals surface area contributed by atoms with Gasteiger partial charge in [-0.15, -0.1) is 0 Å². The third-order valence-electron chi connectivity index (χ3n) is 8.64. The van der Waals surface area contributed by atoms with Crippen LogP contribution in [0.5, 0.6) is 0 Å². The quantitative estimate of drug-likeness (QED) is 0.390. The van der Waals surface area contributed by atoms with Crippen molar-refractivity contribution in [1.29, 1.82) is 0 Å². The van der Waals surface area contributed by atoms with Gasteiger partial charge in [-0.05, 0) is 73.2 Å². The summed E-state index contributed by atoms with van der Waals surface area (Å²) in [6, 6.07) is 23.5. The predicted octanol–water partition coefficient (Wildman–Crippen LogP) is 5.37. The van der Waals surface area contributed by atoms with Crippen molar-refractivity contribution in [3.8, 4) is 0 Å². The van der Waals surface area contributed by atoms with Crippen LogP contribution in [0.4, 0.5) is 0 Å². The average Bonchev–Trinajstić information content (AvgIpc) is 2.99. The van der Waals surface area contributed by atoms with Gasteiger partial charge < -0.3 is 14.5 Å². The Balaban J connectivity index is 1.14. The van der Waals surface area contributed by atoms with Crippen LogP contribution in [0, 0.1) is 11.3 Å². The monoisotopic (exact) mass is 577 g/mol. The Kier molecular flexibility index (Phi) is 8.85. The molecule has 1 amide bonds. The van der Waals surface area contributed by atoms with Crippen LogP contribution >= 0.6 is 0 Å². The van der Waals surface area contributed by atoms with Crippen molar-refractivity contribution < 1.29 is 17.9 Å². The number of hydrogen-bond acceptors (Lipinski definition) is 5. The minimum Gasteiger partial charge on any atom is -0.350 e. The van der Waals surface area contributed by atoms with Gasteiger partial charge in [-0.2, -0.15) is 0 Å². The molecular weight excluding hydrogens is 534 g/mol. The fourth-order valence-corrected chi connectivity index (χ4v) is 7.15. The molecule has 1 unspecified atom stereocenters. The maximum absolute atomic E-state index is 13.0. The second kappa shape index (κ2) is 12.2. The van der Waals surface area contributed by atoms with E-state index < -0.39 is 21.0 Å². The number of amides is 1. The first-order valence-corrected chi connectivity index (χ1v) is 16.2. The Labute approximate surface area is 244 Å². The van der Waals surface area contributed by atoms with E-state index in [0.29, 0.717) is 30.6 Å². The zero-order chi connectivity index (χ0) is 29.1. The van der Waals surface area contributed by atoms with Gasteiger partial charge in [0.2, 0.25) is 15.9 Å². The Bertz CT molecular complexity index is 1440. The van der Waals surface area contributed by atoms with E-state index in [9.17, 15) is 13.2 Å². The van der Waals surface area contributed by atoms with Crippen LogP contribution in [-0.2, 0) is 25.2 Å². The molecule has 220 valence electrons. The smallest absolute Gasteiger partial charge is 0.240 e. The maximum atomic E-state index is 13.0. The molecule has 1 atom stereocenters. The van der Waals surface area contributed by atoms with Crippen molar-refractivity contribution in [3.05, 3.63) is 78.4 Å². The normalized spacial score (nSPS) is 21.3. The fraction of sp³-hybridized carbons (Fsp3) is 0.485. The highest BCUT2D eigenvalue weighted by Gasteiger charge is 2.40. The molecule has 0 saturated carbocycles. The summed E-state index contributed by atoms with van der Waals surface area (Å²) in [4.78, 5) is 17.5. The van der Waals surface area contributed by atoms with Crippen LogP contribution in [-0.4, -0.2) is 63.6 Å². The summed E-state index contributed by atoms with van der Waals surface area (Å²) >= 11 is 0. The highest BCUT2D eigenvalue weighted by atomic mass is 32.2. The number of carbonyl (C=O) groups is 1. The van der Waals surface area contributed by atoms with Crippen molar-refractivity contribution in [2.45, 2.75) is 57.0 Å². The van der Waals surface area contributed by atoms with E-state index in [2.05, 4.69) is 33.9 Å². The number of carbonyl (C=O) groups excluding carboxylic acids is 1. The molecule has 5 rings (SSSR count). The molecule has 2 heterocycles. The lowest BCUT2D eigenvalue weighted by Crippen LogP contribution is -2.51. The van der Waals surface area contributed by atoms with Gasteiger partial charge in [0.15, 0.2) is 0 Å². The molecule has 7 nitrogen and oxygen atoms in total. The van der Waals surface area contributed by atoms with Crippen molar-refractivity contribution in [1.82, 2.24) is 14.5 Å². The SMILES string of the molecule is CC(C)(C)C(=O)N1CCC(CCN2CCC(CNS(=O)(=O)c3ccc4ccccc4c3)CC2)(c2ccccc2)OC1. The molecule has 0 radical (unpaired) electrons. The molecule has 2 aliphatic rings. The molecule has 1 N–H and O–H groups in total. The third kappa shape index (κ3) is 7.00. The van der Waals surface area contributed by atoms with E-state index in [4.69, 9.17) is 4.74 Å². The lowest BCUT2D eigenvalue weighted by Gasteiger charge is -2.45. The van der Waals surface area contributed by atoms with Gasteiger partial charge in [0, 0.05) is 25.0 Å². The molecule has 41 heavy (non-hydrogen) atoms. The minimum absolute atomic E-state index is 0.123. The van der Waals surface area contributed by atoms with Crippen LogP contribution in [0.1, 0.15) is 52.0 Å². The zero-order valence-electron chi connectivity index (χ0n) is 24.5. The largest absolute Gasteiger partial charge is 0.350 e. The van der Waals surface area contributed by atoms with Gasteiger partial charge in [-0.1, -0.05) is 81.4 Å². The van der Waals surface area contributed by atoms with E-state index in [1.165, 1.54) is 5.56 Å². The maximum Gasteiger partial charge on any atom is 0.240 e. The summed E-state index contributed by atoms with van der Waals surface area (Å²) in [5.74, 6) is 0.435. The topological polar surface area (TPSA) is 79.0 Å². The number of rotatable bonds is 8. The first-order chi connectivity index (χ1) is 19.6. The molecule has 0 aliphatic carbocycles. The molecule has 0 spiro atoms. The summed E-state index contributed by atoms with van der Waals surface area (Å²) in [6.45, 7) is 10.1. The van der Waals surface area contributed by atoms with Gasteiger partial charge >= 0.3 is 0 Å². The Morgan fingerprint density at radius 3 is 2.29 bits per heavy atom. The van der Waals surface area contributed by atoms with Crippen molar-refractivity contribution >= 4 is 26.7 Å². The first-order valence-electron chi connectivity index (χ1n) is 14.8. The highest BCUT2D eigenvalue weighted by molar-refractivity contribution is 7.89. The van der Waals surface area contributed by atoms with Crippen molar-refractivity contribution in [3.63, 3.8) is 0 Å². The number of fused-ring (bicyclic) bond motifs is 1. The predicted molar refractivity (Wildman–Crippen MR) is 163 cm³/mol. The Morgan fingerprint density at radius 2 is 1.63 bits per heavy atom. The second-order valence-corrected chi connectivity index (χ2v) is 14.4. The summed E-state index contributed by atoms with van der Waals surface area (Å²) in [5, 5.41) is 1.95. The molecule has 0 aromatic heterocycles. The Hall–Kier alpha value is -2.78. The van der Waals surface area contributed by atoms with Crippen LogP contribution in [0.15, 0.2) is 77.7 Å². The molecule has 2 aliphatic heterocycles. The molecular formula is C33H43N3O4S. The molecule has 0 bridgehead atoms. The van der Waals surface area contributed by atoms with Crippen LogP contribution in [0.25, 0.3) is 10.8 Å². The lowest BCUT2D eigenvalue weighted by molar-refractivity contribution is -0.175. The van der Waals surface area contributed by atoms with Crippen molar-refractivity contribution in [2.75, 3.05) is 39.5 Å². The van der Waals surface area contributed by atoms with E-state index >= 15 is 0 Å². The van der Waals surface area contributed by atoms with E-state index in [-0.39, 0.29) is 5.91 Å². The Morgan fingerprint density at radius 1 is 0.951 bits per heavy atom. The van der Waals surface area contributed by atoms with Crippen LogP contribution < -0.4 is 4.72 Å². The number of sulfonamides is 1. The summed E-state index contributed by atoms with van der Waals surface area (Å²) < 4.78 is 35.4. The second-order valence-electron chi connectivity index (χ2n) is 12.6. The van der Waals surface area contributed by atoms with Crippen molar-refractivity contribution in [2.24, 2.45) is 11.3 Å². The highest BCUT2D eigenvalue weighted by Crippen LogP contribution is 2.38. The minimum atomic E-state index is -3.56. The number of ether oxygens (including phenoxy) is 1. The van der Waals surface area contributed by atoms with Crippen LogP contribution in [0.2, 0.25) is 0 Å². The fourth-order valence-electron chi connectivity index (χ4n) is 6.00. The zero-order valence-corrected chi connectivity index (χ0v) is 25.3. The first kappa shape index (κ1) is 29.7. The standard InChI is InChI=1S/C33H43N3O4S/c1-32(2,3)31(37)36-22-18-33(40-25-36,29-11-5-4-6-12-29)17-21-35-19-15-26(16-20-35)24-34-41(38,39)30-14-13-27-9-7-8-10-28(27)23-30/h4-14,23,26,34H,15-22,24-25H2,1-3H3. The van der Waals surface area contributed by atoms with Gasteiger partial charge in [0.25, 0.3) is 0 Å². The molecule has 3 aromatic rings. The van der Waals surface area contributed by atoms with Gasteiger partial charge in [0.05, 0.1) is 10.5 Å². The summed E-state index contributed by atoms with van der Waals surface area (Å²) in [5.41, 5.74) is 0.327. The summed E-state index contributed by atoms with van der Waals surface area (Å²) in [7, 11) is -3.56. The molecule has 8 heteroatoms. The molecule has 3 aromatic carbocycles. The number of hydrogen-bond donors (Lipinski definition) is 1. The lowest BCUT2D eigenvalue weighted by atomic mass is 9.84. The number of likely N-dealkylation sites (tertiary alicyclic amines) is 1. The molecule has 2 saturated heterocycles. The average molecular weight is 578 g/mol. The number of benzene rings is 3. The van der Waals surface area contributed by atoms with Gasteiger partial charge in [0.1, 0.15) is 6.73 Å². The number of nitrogens with zero attached hydrogens (tertiary/aromatic N) is 2. The van der Waals surface area contributed by atoms with E-state index in [1.807, 2.05) is 62.1 Å². The third-order valence-corrected chi connectivity index (χ3v) is 10.1. The van der Waals surface area contributed by atoms with Crippen LogP contribution in [0.3, 0.4) is 0 Å². The van der Waals surface area contributed by atoms with Gasteiger partial charge in [-0.3, -0.25) is 4.79 Å². The van der Waals surface area contributed by atoms with E-state index in [0.717, 1.165) is 56.1 Å². The molecule has 2 fully saturated rings. The summed E-state index contributed by atoms with van der Waals surface area (Å²) in [6.07, 6.45) is 3.53.